The summed E-state index contributed by atoms with van der Waals surface area (Å²) < 4.78 is 10.9. The summed E-state index contributed by atoms with van der Waals surface area (Å²) in [6.07, 6.45) is 3.18. The van der Waals surface area contributed by atoms with Gasteiger partial charge in [0.1, 0.15) is 17.6 Å². The van der Waals surface area contributed by atoms with E-state index < -0.39 is 6.10 Å². The van der Waals surface area contributed by atoms with E-state index in [0.29, 0.717) is 27.8 Å². The van der Waals surface area contributed by atoms with Gasteiger partial charge in [-0.3, -0.25) is 4.79 Å². The molecule has 6 heteroatoms. The Morgan fingerprint density at radius 2 is 1.88 bits per heavy atom. The molecule has 0 aromatic heterocycles. The minimum Gasteiger partial charge on any atom is -0.495 e. The summed E-state index contributed by atoms with van der Waals surface area (Å²) >= 11 is 6.06. The predicted molar refractivity (Wildman–Crippen MR) is 101 cm³/mol. The molecule has 26 heavy (non-hydrogen) atoms. The lowest BCUT2D eigenvalue weighted by atomic mass is 9.95. The topological polar surface area (TPSA) is 67.8 Å². The maximum absolute atomic E-state index is 12.3. The zero-order valence-electron chi connectivity index (χ0n) is 14.6. The molecular formula is C20H22ClNO4. The minimum absolute atomic E-state index is 0.161. The van der Waals surface area contributed by atoms with Crippen molar-refractivity contribution < 1.29 is 19.4 Å². The number of benzene rings is 2. The number of aliphatic hydroxyl groups excluding tert-OH is 1. The van der Waals surface area contributed by atoms with Crippen LogP contribution in [-0.2, 0) is 0 Å². The summed E-state index contributed by atoms with van der Waals surface area (Å²) in [5, 5.41) is 13.2. The van der Waals surface area contributed by atoms with Gasteiger partial charge >= 0.3 is 0 Å². The first kappa shape index (κ1) is 18.5. The molecule has 2 atom stereocenters. The first-order valence-corrected chi connectivity index (χ1v) is 9.04. The van der Waals surface area contributed by atoms with Crippen LogP contribution in [0, 0.1) is 0 Å². The van der Waals surface area contributed by atoms with E-state index in [1.807, 2.05) is 0 Å². The van der Waals surface area contributed by atoms with E-state index in [1.165, 1.54) is 7.11 Å². The van der Waals surface area contributed by atoms with Crippen molar-refractivity contribution >= 4 is 23.2 Å². The maximum Gasteiger partial charge on any atom is 0.255 e. The quantitative estimate of drug-likeness (QED) is 0.818. The highest BCUT2D eigenvalue weighted by Gasteiger charge is 2.24. The van der Waals surface area contributed by atoms with Gasteiger partial charge in [-0.05, 0) is 61.7 Å². The number of hydrogen-bond acceptors (Lipinski definition) is 4. The van der Waals surface area contributed by atoms with Crippen LogP contribution in [0.4, 0.5) is 5.69 Å². The fourth-order valence-corrected chi connectivity index (χ4v) is 3.27. The fourth-order valence-electron chi connectivity index (χ4n) is 3.02. The highest BCUT2D eigenvalue weighted by atomic mass is 35.5. The van der Waals surface area contributed by atoms with E-state index in [9.17, 15) is 9.90 Å². The molecule has 5 nitrogen and oxygen atoms in total. The van der Waals surface area contributed by atoms with E-state index in [2.05, 4.69) is 5.32 Å². The molecule has 2 N–H and O–H groups in total. The minimum atomic E-state index is -0.414. The van der Waals surface area contributed by atoms with E-state index in [4.69, 9.17) is 21.1 Å². The molecule has 0 bridgehead atoms. The van der Waals surface area contributed by atoms with Crippen LogP contribution in [0.1, 0.15) is 36.0 Å². The van der Waals surface area contributed by atoms with Gasteiger partial charge < -0.3 is 19.9 Å². The van der Waals surface area contributed by atoms with Crippen molar-refractivity contribution in [3.63, 3.8) is 0 Å². The molecule has 1 fully saturated rings. The maximum atomic E-state index is 12.3. The number of nitrogens with one attached hydrogen (secondary N) is 1. The molecular weight excluding hydrogens is 354 g/mol. The Kier molecular flexibility index (Phi) is 6.01. The fraction of sp³-hybridized carbons (Fsp3) is 0.350. The number of methoxy groups -OCH3 is 1. The summed E-state index contributed by atoms with van der Waals surface area (Å²) in [6, 6.07) is 12.0. The Hall–Kier alpha value is -2.24. The molecule has 2 aromatic carbocycles. The molecule has 0 spiro atoms. The van der Waals surface area contributed by atoms with Crippen LogP contribution in [0.3, 0.4) is 0 Å². The van der Waals surface area contributed by atoms with Gasteiger partial charge in [0.25, 0.3) is 5.91 Å². The second kappa shape index (κ2) is 8.43. The predicted octanol–water partition coefficient (Wildman–Crippen LogP) is 4.28. The standard InChI is InChI=1S/C20H22ClNO4/c1-25-18-11-6-13(12-16(18)21)20(24)22-14-7-9-15(10-8-14)26-19-5-3-2-4-17(19)23/h6-12,17,19,23H,2-5H2,1H3,(H,22,24)/t17-,19-/m1/s1. The Morgan fingerprint density at radius 1 is 1.15 bits per heavy atom. The van der Waals surface area contributed by atoms with E-state index in [0.717, 1.165) is 25.7 Å². The van der Waals surface area contributed by atoms with E-state index >= 15 is 0 Å². The van der Waals surface area contributed by atoms with Crippen LogP contribution in [0.15, 0.2) is 42.5 Å². The molecule has 0 radical (unpaired) electrons. The van der Waals surface area contributed by atoms with Crippen molar-refractivity contribution in [3.05, 3.63) is 53.1 Å². The average molecular weight is 376 g/mol. The molecule has 1 amide bonds. The molecule has 1 aliphatic carbocycles. The van der Waals surface area contributed by atoms with Crippen molar-refractivity contribution in [2.45, 2.75) is 37.9 Å². The summed E-state index contributed by atoms with van der Waals surface area (Å²) in [5.41, 5.74) is 1.10. The zero-order valence-corrected chi connectivity index (χ0v) is 15.3. The smallest absolute Gasteiger partial charge is 0.255 e. The third-order valence-corrected chi connectivity index (χ3v) is 4.78. The lowest BCUT2D eigenvalue weighted by Gasteiger charge is -2.28. The molecule has 0 saturated heterocycles. The van der Waals surface area contributed by atoms with Crippen LogP contribution in [0.5, 0.6) is 11.5 Å². The summed E-state index contributed by atoms with van der Waals surface area (Å²) in [6.45, 7) is 0. The third-order valence-electron chi connectivity index (χ3n) is 4.48. The number of hydrogen-bond donors (Lipinski definition) is 2. The second-order valence-electron chi connectivity index (χ2n) is 6.34. The van der Waals surface area contributed by atoms with Crippen LogP contribution in [0.25, 0.3) is 0 Å². The SMILES string of the molecule is COc1ccc(C(=O)Nc2ccc(O[C@@H]3CCCC[C@H]3O)cc2)cc1Cl. The Balaban J connectivity index is 1.61. The molecule has 2 aromatic rings. The molecule has 1 aliphatic rings. The van der Waals surface area contributed by atoms with Gasteiger partial charge in [-0.2, -0.15) is 0 Å². The number of carbonyl (C=O) groups excluding carboxylic acids is 1. The van der Waals surface area contributed by atoms with Crippen molar-refractivity contribution in [2.75, 3.05) is 12.4 Å². The molecule has 0 aliphatic heterocycles. The summed E-state index contributed by atoms with van der Waals surface area (Å²) in [4.78, 5) is 12.3. The number of ether oxygens (including phenoxy) is 2. The normalized spacial score (nSPS) is 19.7. The van der Waals surface area contributed by atoms with Gasteiger partial charge in [0.15, 0.2) is 0 Å². The third kappa shape index (κ3) is 4.48. The van der Waals surface area contributed by atoms with Crippen molar-refractivity contribution in [3.8, 4) is 11.5 Å². The number of anilines is 1. The lowest BCUT2D eigenvalue weighted by molar-refractivity contribution is 0.00688. The van der Waals surface area contributed by atoms with Gasteiger partial charge in [0.05, 0.1) is 18.2 Å². The Bertz CT molecular complexity index is 763. The van der Waals surface area contributed by atoms with Crippen molar-refractivity contribution in [1.82, 2.24) is 0 Å². The van der Waals surface area contributed by atoms with Gasteiger partial charge in [-0.25, -0.2) is 0 Å². The van der Waals surface area contributed by atoms with Crippen LogP contribution in [0.2, 0.25) is 5.02 Å². The Morgan fingerprint density at radius 3 is 2.54 bits per heavy atom. The number of rotatable bonds is 5. The first-order chi connectivity index (χ1) is 12.6. The van der Waals surface area contributed by atoms with Crippen molar-refractivity contribution in [1.29, 1.82) is 0 Å². The first-order valence-electron chi connectivity index (χ1n) is 8.66. The summed E-state index contributed by atoms with van der Waals surface area (Å²) in [5.74, 6) is 0.946. The number of aliphatic hydroxyl groups is 1. The molecule has 0 unspecified atom stereocenters. The molecule has 1 saturated carbocycles. The second-order valence-corrected chi connectivity index (χ2v) is 6.74. The van der Waals surface area contributed by atoms with E-state index in [1.54, 1.807) is 42.5 Å². The van der Waals surface area contributed by atoms with E-state index in [-0.39, 0.29) is 12.0 Å². The van der Waals surface area contributed by atoms with Crippen LogP contribution < -0.4 is 14.8 Å². The highest BCUT2D eigenvalue weighted by Crippen LogP contribution is 2.27. The number of halogens is 1. The van der Waals surface area contributed by atoms with Gasteiger partial charge in [-0.15, -0.1) is 0 Å². The zero-order chi connectivity index (χ0) is 18.5. The van der Waals surface area contributed by atoms with Gasteiger partial charge in [-0.1, -0.05) is 18.0 Å². The molecule has 138 valence electrons. The van der Waals surface area contributed by atoms with Gasteiger partial charge in [0, 0.05) is 11.3 Å². The Labute approximate surface area is 157 Å². The molecule has 0 heterocycles. The number of carbonyl (C=O) groups is 1. The van der Waals surface area contributed by atoms with Crippen molar-refractivity contribution in [2.24, 2.45) is 0 Å². The monoisotopic (exact) mass is 375 g/mol. The van der Waals surface area contributed by atoms with Gasteiger partial charge in [0.2, 0.25) is 0 Å². The average Bonchev–Trinajstić information content (AvgIpc) is 2.65. The molecule has 3 rings (SSSR count). The highest BCUT2D eigenvalue weighted by molar-refractivity contribution is 6.32. The van der Waals surface area contributed by atoms with Crippen LogP contribution >= 0.6 is 11.6 Å². The summed E-state index contributed by atoms with van der Waals surface area (Å²) in [7, 11) is 1.52. The van der Waals surface area contributed by atoms with Crippen LogP contribution in [-0.4, -0.2) is 30.3 Å². The largest absolute Gasteiger partial charge is 0.495 e. The lowest BCUT2D eigenvalue weighted by Crippen LogP contribution is -2.34. The number of amides is 1.